The minimum atomic E-state index is -0.227. The molecule has 1 aromatic carbocycles. The van der Waals surface area contributed by atoms with E-state index in [9.17, 15) is 9.59 Å². The number of fused-ring (bicyclic) bond motifs is 1. The van der Waals surface area contributed by atoms with E-state index in [2.05, 4.69) is 0 Å². The lowest BCUT2D eigenvalue weighted by atomic mass is 9.97. The van der Waals surface area contributed by atoms with Gasteiger partial charge in [0.25, 0.3) is 5.91 Å². The topological polar surface area (TPSA) is 55.8 Å². The predicted molar refractivity (Wildman–Crippen MR) is 75.6 cm³/mol. The Morgan fingerprint density at radius 1 is 1.29 bits per heavy atom. The first-order valence-electron chi connectivity index (χ1n) is 7.25. The van der Waals surface area contributed by atoms with Gasteiger partial charge in [-0.25, -0.2) is 0 Å². The molecular formula is C16H19NO4. The van der Waals surface area contributed by atoms with Crippen LogP contribution in [0.25, 0.3) is 0 Å². The zero-order valence-corrected chi connectivity index (χ0v) is 12.1. The Kier molecular flexibility index (Phi) is 3.92. The molecule has 0 aromatic heterocycles. The lowest BCUT2D eigenvalue weighted by Crippen LogP contribution is -2.42. The average Bonchev–Trinajstić information content (AvgIpc) is 3.01. The second-order valence-electron chi connectivity index (χ2n) is 5.59. The van der Waals surface area contributed by atoms with Crippen molar-refractivity contribution >= 4 is 11.9 Å². The van der Waals surface area contributed by atoms with E-state index in [1.807, 2.05) is 18.2 Å². The Bertz CT molecular complexity index is 569. The van der Waals surface area contributed by atoms with Gasteiger partial charge in [0, 0.05) is 18.7 Å². The zero-order valence-electron chi connectivity index (χ0n) is 12.1. The Hall–Kier alpha value is -1.88. The van der Waals surface area contributed by atoms with Crippen molar-refractivity contribution in [1.29, 1.82) is 0 Å². The zero-order chi connectivity index (χ0) is 14.8. The first kappa shape index (κ1) is 14.1. The molecule has 1 fully saturated rings. The molecule has 0 bridgehead atoms. The largest absolute Gasteiger partial charge is 0.469 e. The molecular weight excluding hydrogens is 270 g/mol. The number of amides is 1. The molecule has 3 rings (SSSR count). The molecule has 1 unspecified atom stereocenters. The number of methoxy groups -OCH3 is 1. The molecule has 21 heavy (non-hydrogen) atoms. The Morgan fingerprint density at radius 2 is 2.10 bits per heavy atom. The number of carbonyl (C=O) groups is 2. The van der Waals surface area contributed by atoms with E-state index in [1.165, 1.54) is 7.11 Å². The molecule has 5 nitrogen and oxygen atoms in total. The Balaban J connectivity index is 1.74. The maximum absolute atomic E-state index is 12.6. The van der Waals surface area contributed by atoms with E-state index in [-0.39, 0.29) is 17.8 Å². The first-order valence-corrected chi connectivity index (χ1v) is 7.25. The highest BCUT2D eigenvalue weighted by Gasteiger charge is 2.29. The number of esters is 1. The van der Waals surface area contributed by atoms with E-state index in [0.29, 0.717) is 31.9 Å². The molecule has 0 N–H and O–H groups in total. The quantitative estimate of drug-likeness (QED) is 0.778. The highest BCUT2D eigenvalue weighted by atomic mass is 16.5. The maximum atomic E-state index is 12.6. The number of likely N-dealkylation sites (tertiary alicyclic amines) is 1. The van der Waals surface area contributed by atoms with Crippen LogP contribution < -0.4 is 0 Å². The van der Waals surface area contributed by atoms with Crippen molar-refractivity contribution in [2.75, 3.05) is 20.2 Å². The van der Waals surface area contributed by atoms with Crippen LogP contribution >= 0.6 is 0 Å². The van der Waals surface area contributed by atoms with Crippen LogP contribution in [0.4, 0.5) is 0 Å². The average molecular weight is 289 g/mol. The second kappa shape index (κ2) is 5.85. The van der Waals surface area contributed by atoms with Crippen molar-refractivity contribution in [2.45, 2.75) is 26.1 Å². The molecule has 1 atom stereocenters. The molecule has 1 aromatic rings. The van der Waals surface area contributed by atoms with Crippen molar-refractivity contribution in [3.63, 3.8) is 0 Å². The molecule has 1 saturated heterocycles. The summed E-state index contributed by atoms with van der Waals surface area (Å²) in [5.74, 6) is -0.446. The number of benzene rings is 1. The summed E-state index contributed by atoms with van der Waals surface area (Å²) < 4.78 is 10.2. The molecule has 0 spiro atoms. The number of ether oxygens (including phenoxy) is 2. The summed E-state index contributed by atoms with van der Waals surface area (Å²) in [4.78, 5) is 26.0. The van der Waals surface area contributed by atoms with E-state index in [4.69, 9.17) is 9.47 Å². The third kappa shape index (κ3) is 2.78. The van der Waals surface area contributed by atoms with Crippen molar-refractivity contribution in [1.82, 2.24) is 4.90 Å². The minimum Gasteiger partial charge on any atom is -0.469 e. The monoisotopic (exact) mass is 289 g/mol. The predicted octanol–water partition coefficient (Wildman–Crippen LogP) is 1.74. The van der Waals surface area contributed by atoms with Gasteiger partial charge in [-0.05, 0) is 36.1 Å². The van der Waals surface area contributed by atoms with Crippen LogP contribution in [0.3, 0.4) is 0 Å². The number of hydrogen-bond acceptors (Lipinski definition) is 4. The Morgan fingerprint density at radius 3 is 2.90 bits per heavy atom. The molecule has 5 heteroatoms. The number of hydrogen-bond donors (Lipinski definition) is 0. The van der Waals surface area contributed by atoms with Gasteiger partial charge in [0.05, 0.1) is 26.2 Å². The summed E-state index contributed by atoms with van der Waals surface area (Å²) >= 11 is 0. The maximum Gasteiger partial charge on any atom is 0.310 e. The molecule has 2 aliphatic heterocycles. The fourth-order valence-electron chi connectivity index (χ4n) is 3.01. The van der Waals surface area contributed by atoms with E-state index in [0.717, 1.165) is 24.0 Å². The molecule has 2 heterocycles. The van der Waals surface area contributed by atoms with Gasteiger partial charge in [0.2, 0.25) is 0 Å². The standard InChI is InChI=1S/C16H19NO4/c1-20-16(19)12-3-2-6-17(8-12)15(18)11-4-5-13-9-21-10-14(13)7-11/h4-5,7,12H,2-3,6,8-10H2,1H3. The number of rotatable bonds is 2. The van der Waals surface area contributed by atoms with Gasteiger partial charge < -0.3 is 14.4 Å². The van der Waals surface area contributed by atoms with Crippen molar-refractivity contribution in [3.8, 4) is 0 Å². The fourth-order valence-corrected chi connectivity index (χ4v) is 3.01. The smallest absolute Gasteiger partial charge is 0.310 e. The first-order chi connectivity index (χ1) is 10.2. The van der Waals surface area contributed by atoms with Crippen molar-refractivity contribution < 1.29 is 19.1 Å². The molecule has 2 aliphatic rings. The van der Waals surface area contributed by atoms with Gasteiger partial charge in [0.1, 0.15) is 0 Å². The molecule has 1 amide bonds. The van der Waals surface area contributed by atoms with Crippen LogP contribution in [0.2, 0.25) is 0 Å². The lowest BCUT2D eigenvalue weighted by Gasteiger charge is -2.31. The van der Waals surface area contributed by atoms with E-state index >= 15 is 0 Å². The third-order valence-electron chi connectivity index (χ3n) is 4.21. The van der Waals surface area contributed by atoms with E-state index in [1.54, 1.807) is 4.90 Å². The lowest BCUT2D eigenvalue weighted by molar-refractivity contribution is -0.146. The number of carbonyl (C=O) groups excluding carboxylic acids is 2. The van der Waals surface area contributed by atoms with Crippen LogP contribution in [0, 0.1) is 5.92 Å². The third-order valence-corrected chi connectivity index (χ3v) is 4.21. The van der Waals surface area contributed by atoms with Gasteiger partial charge in [-0.2, -0.15) is 0 Å². The summed E-state index contributed by atoms with van der Waals surface area (Å²) in [6.45, 7) is 2.33. The van der Waals surface area contributed by atoms with Gasteiger partial charge in [-0.3, -0.25) is 9.59 Å². The van der Waals surface area contributed by atoms with Gasteiger partial charge in [-0.1, -0.05) is 6.07 Å². The van der Waals surface area contributed by atoms with Crippen LogP contribution in [0.5, 0.6) is 0 Å². The highest BCUT2D eigenvalue weighted by Crippen LogP contribution is 2.24. The SMILES string of the molecule is COC(=O)C1CCCN(C(=O)c2ccc3c(c2)COC3)C1. The molecule has 0 radical (unpaired) electrons. The number of piperidine rings is 1. The molecule has 112 valence electrons. The molecule has 0 aliphatic carbocycles. The highest BCUT2D eigenvalue weighted by molar-refractivity contribution is 5.95. The van der Waals surface area contributed by atoms with E-state index < -0.39 is 0 Å². The van der Waals surface area contributed by atoms with Crippen LogP contribution in [0.1, 0.15) is 34.3 Å². The van der Waals surface area contributed by atoms with Gasteiger partial charge in [0.15, 0.2) is 0 Å². The van der Waals surface area contributed by atoms with Crippen LogP contribution in [0.15, 0.2) is 18.2 Å². The normalized spacial score (nSPS) is 21.0. The molecule has 0 saturated carbocycles. The van der Waals surface area contributed by atoms with Crippen LogP contribution in [-0.2, 0) is 27.5 Å². The van der Waals surface area contributed by atoms with Crippen LogP contribution in [-0.4, -0.2) is 37.0 Å². The summed E-state index contributed by atoms with van der Waals surface area (Å²) in [6.07, 6.45) is 1.62. The number of nitrogens with zero attached hydrogens (tertiary/aromatic N) is 1. The Labute approximate surface area is 123 Å². The van der Waals surface area contributed by atoms with Gasteiger partial charge in [-0.15, -0.1) is 0 Å². The summed E-state index contributed by atoms with van der Waals surface area (Å²) in [7, 11) is 1.39. The second-order valence-corrected chi connectivity index (χ2v) is 5.59. The van der Waals surface area contributed by atoms with Crippen molar-refractivity contribution in [2.24, 2.45) is 5.92 Å². The summed E-state index contributed by atoms with van der Waals surface area (Å²) in [6, 6.07) is 5.71. The summed E-state index contributed by atoms with van der Waals surface area (Å²) in [5.41, 5.74) is 2.91. The van der Waals surface area contributed by atoms with Gasteiger partial charge >= 0.3 is 5.97 Å². The minimum absolute atomic E-state index is 0.0155. The van der Waals surface area contributed by atoms with Crippen molar-refractivity contribution in [3.05, 3.63) is 34.9 Å². The summed E-state index contributed by atoms with van der Waals surface area (Å²) in [5, 5.41) is 0. The fraction of sp³-hybridized carbons (Fsp3) is 0.500.